The van der Waals surface area contributed by atoms with Gasteiger partial charge in [0.15, 0.2) is 0 Å². The molecule has 22 heavy (non-hydrogen) atoms. The molecule has 0 saturated carbocycles. The molecule has 3 rings (SSSR count). The van der Waals surface area contributed by atoms with Gasteiger partial charge in [-0.15, -0.1) is 12.6 Å². The van der Waals surface area contributed by atoms with Gasteiger partial charge in [0.2, 0.25) is 5.91 Å². The van der Waals surface area contributed by atoms with Crippen molar-refractivity contribution in [3.05, 3.63) is 30.5 Å². The number of fused-ring (bicyclic) bond motifs is 1. The number of rotatable bonds is 5. The lowest BCUT2D eigenvalue weighted by molar-refractivity contribution is -0.116. The zero-order chi connectivity index (χ0) is 15.4. The predicted octanol–water partition coefficient (Wildman–Crippen LogP) is 3.81. The maximum absolute atomic E-state index is 12.1. The minimum Gasteiger partial charge on any atom is -0.378 e. The van der Waals surface area contributed by atoms with Crippen LogP contribution in [0, 0.1) is 0 Å². The lowest BCUT2D eigenvalue weighted by Gasteiger charge is -2.11. The van der Waals surface area contributed by atoms with Gasteiger partial charge in [0.05, 0.1) is 17.3 Å². The molecule has 1 unspecified atom stereocenters. The number of aromatic nitrogens is 1. The van der Waals surface area contributed by atoms with Crippen LogP contribution in [-0.2, 0) is 9.53 Å². The predicted molar refractivity (Wildman–Crippen MR) is 90.4 cm³/mol. The van der Waals surface area contributed by atoms with Gasteiger partial charge in [-0.1, -0.05) is 0 Å². The van der Waals surface area contributed by atoms with Crippen molar-refractivity contribution in [1.82, 2.24) is 4.98 Å². The summed E-state index contributed by atoms with van der Waals surface area (Å²) < 4.78 is 5.58. The highest BCUT2D eigenvalue weighted by molar-refractivity contribution is 7.80. The number of thiol groups is 1. The van der Waals surface area contributed by atoms with Crippen LogP contribution < -0.4 is 5.32 Å². The molecule has 1 saturated heterocycles. The number of hydrogen-bond acceptors (Lipinski definition) is 4. The van der Waals surface area contributed by atoms with Crippen LogP contribution in [0.1, 0.15) is 32.1 Å². The van der Waals surface area contributed by atoms with Crippen molar-refractivity contribution in [3.63, 3.8) is 0 Å². The molecule has 4 nitrogen and oxygen atoms in total. The first-order valence-electron chi connectivity index (χ1n) is 7.72. The molecule has 0 bridgehead atoms. The number of hydrogen-bond donors (Lipinski definition) is 2. The van der Waals surface area contributed by atoms with Crippen LogP contribution in [0.3, 0.4) is 0 Å². The third-order valence-electron chi connectivity index (χ3n) is 3.98. The molecule has 2 aromatic rings. The lowest BCUT2D eigenvalue weighted by Crippen LogP contribution is -2.13. The van der Waals surface area contributed by atoms with E-state index in [1.165, 1.54) is 0 Å². The van der Waals surface area contributed by atoms with Gasteiger partial charge >= 0.3 is 0 Å². The van der Waals surface area contributed by atoms with E-state index >= 15 is 0 Å². The molecule has 1 aliphatic rings. The summed E-state index contributed by atoms with van der Waals surface area (Å²) in [6, 6.07) is 7.55. The molecule has 1 aromatic heterocycles. The normalized spacial score (nSPS) is 17.8. The second-order valence-corrected chi connectivity index (χ2v) is 6.09. The first-order valence-corrected chi connectivity index (χ1v) is 8.17. The number of carbonyl (C=O) groups excluding carboxylic acids is 1. The van der Waals surface area contributed by atoms with E-state index in [0.717, 1.165) is 53.8 Å². The van der Waals surface area contributed by atoms with Gasteiger partial charge in [0.1, 0.15) is 0 Å². The summed E-state index contributed by atoms with van der Waals surface area (Å²) in [6.07, 6.45) is 6.69. The number of ether oxygens (including phenoxy) is 1. The fourth-order valence-electron chi connectivity index (χ4n) is 2.84. The first kappa shape index (κ1) is 15.3. The Balaban J connectivity index is 1.60. The maximum atomic E-state index is 12.1. The third kappa shape index (κ3) is 3.59. The van der Waals surface area contributed by atoms with E-state index < -0.39 is 0 Å². The summed E-state index contributed by atoms with van der Waals surface area (Å²) >= 11 is 4.41. The Hall–Kier alpha value is -1.59. The van der Waals surface area contributed by atoms with E-state index in [0.29, 0.717) is 12.5 Å². The maximum Gasteiger partial charge on any atom is 0.224 e. The zero-order valence-corrected chi connectivity index (χ0v) is 13.3. The van der Waals surface area contributed by atoms with Crippen LogP contribution in [0.25, 0.3) is 10.9 Å². The van der Waals surface area contributed by atoms with Crippen molar-refractivity contribution in [3.8, 4) is 0 Å². The van der Waals surface area contributed by atoms with Crippen molar-refractivity contribution in [2.45, 2.75) is 43.1 Å². The van der Waals surface area contributed by atoms with Crippen molar-refractivity contribution < 1.29 is 9.53 Å². The van der Waals surface area contributed by atoms with Crippen molar-refractivity contribution >= 4 is 35.1 Å². The largest absolute Gasteiger partial charge is 0.378 e. The Kier molecular flexibility index (Phi) is 4.95. The van der Waals surface area contributed by atoms with E-state index in [2.05, 4.69) is 22.9 Å². The molecule has 0 spiro atoms. The molecule has 1 aliphatic heterocycles. The SMILES string of the molecule is O=C(CCCC1CCCO1)Nc1ccc(S)c2ncccc12. The molecule has 2 heterocycles. The van der Waals surface area contributed by atoms with Crippen LogP contribution in [0.4, 0.5) is 5.69 Å². The van der Waals surface area contributed by atoms with Crippen molar-refractivity contribution in [2.24, 2.45) is 0 Å². The summed E-state index contributed by atoms with van der Waals surface area (Å²) in [6.45, 7) is 0.867. The zero-order valence-electron chi connectivity index (χ0n) is 12.4. The van der Waals surface area contributed by atoms with E-state index in [4.69, 9.17) is 4.74 Å². The van der Waals surface area contributed by atoms with Crippen LogP contribution in [0.15, 0.2) is 35.4 Å². The van der Waals surface area contributed by atoms with E-state index in [-0.39, 0.29) is 5.91 Å². The molecule has 5 heteroatoms. The minimum absolute atomic E-state index is 0.0371. The van der Waals surface area contributed by atoms with Crippen LogP contribution in [0.5, 0.6) is 0 Å². The molecule has 0 aliphatic carbocycles. The van der Waals surface area contributed by atoms with Crippen molar-refractivity contribution in [1.29, 1.82) is 0 Å². The number of benzene rings is 1. The summed E-state index contributed by atoms with van der Waals surface area (Å²) in [7, 11) is 0. The number of amides is 1. The van der Waals surface area contributed by atoms with Crippen LogP contribution >= 0.6 is 12.6 Å². The van der Waals surface area contributed by atoms with Gasteiger partial charge in [0, 0.05) is 29.5 Å². The summed E-state index contributed by atoms with van der Waals surface area (Å²) in [5.41, 5.74) is 1.60. The minimum atomic E-state index is 0.0371. The van der Waals surface area contributed by atoms with Gasteiger partial charge < -0.3 is 10.1 Å². The van der Waals surface area contributed by atoms with Gasteiger partial charge in [-0.25, -0.2) is 0 Å². The fourth-order valence-corrected chi connectivity index (χ4v) is 3.09. The Bertz CT molecular complexity index is 669. The Labute approximate surface area is 135 Å². The Morgan fingerprint density at radius 1 is 1.41 bits per heavy atom. The highest BCUT2D eigenvalue weighted by Gasteiger charge is 2.15. The molecule has 1 fully saturated rings. The molecule has 116 valence electrons. The van der Waals surface area contributed by atoms with E-state index in [9.17, 15) is 4.79 Å². The van der Waals surface area contributed by atoms with Gasteiger partial charge in [0.25, 0.3) is 0 Å². The summed E-state index contributed by atoms with van der Waals surface area (Å²) in [5.74, 6) is 0.0371. The number of anilines is 1. The van der Waals surface area contributed by atoms with Gasteiger partial charge in [-0.05, 0) is 49.9 Å². The number of carbonyl (C=O) groups is 1. The molecule has 1 atom stereocenters. The third-order valence-corrected chi connectivity index (χ3v) is 4.34. The average molecular weight is 316 g/mol. The van der Waals surface area contributed by atoms with Crippen LogP contribution in [0.2, 0.25) is 0 Å². The average Bonchev–Trinajstić information content (AvgIpc) is 3.04. The molecular formula is C17H20N2O2S. The smallest absolute Gasteiger partial charge is 0.224 e. The summed E-state index contributed by atoms with van der Waals surface area (Å²) in [5, 5.41) is 3.90. The fraction of sp³-hybridized carbons (Fsp3) is 0.412. The van der Waals surface area contributed by atoms with Crippen LogP contribution in [-0.4, -0.2) is 23.6 Å². The molecule has 1 aromatic carbocycles. The number of pyridine rings is 1. The first-order chi connectivity index (χ1) is 10.7. The second-order valence-electron chi connectivity index (χ2n) is 5.61. The van der Waals surface area contributed by atoms with E-state index in [1.807, 2.05) is 24.3 Å². The number of nitrogens with zero attached hydrogens (tertiary/aromatic N) is 1. The van der Waals surface area contributed by atoms with E-state index in [1.54, 1.807) is 6.20 Å². The van der Waals surface area contributed by atoms with Gasteiger partial charge in [-0.3, -0.25) is 9.78 Å². The highest BCUT2D eigenvalue weighted by Crippen LogP contribution is 2.27. The molecular weight excluding hydrogens is 296 g/mol. The topological polar surface area (TPSA) is 51.2 Å². The summed E-state index contributed by atoms with van der Waals surface area (Å²) in [4.78, 5) is 17.3. The molecule has 0 radical (unpaired) electrons. The monoisotopic (exact) mass is 316 g/mol. The Morgan fingerprint density at radius 3 is 3.14 bits per heavy atom. The number of nitrogens with one attached hydrogen (secondary N) is 1. The lowest BCUT2D eigenvalue weighted by atomic mass is 10.1. The quantitative estimate of drug-likeness (QED) is 0.825. The van der Waals surface area contributed by atoms with Crippen molar-refractivity contribution in [2.75, 3.05) is 11.9 Å². The molecule has 1 amide bonds. The highest BCUT2D eigenvalue weighted by atomic mass is 32.1. The standard InChI is InChI=1S/C17H20N2O2S/c20-16(7-1-4-12-5-3-11-21-12)19-14-8-9-15(22)17-13(14)6-2-10-18-17/h2,6,8-10,12,22H,1,3-5,7,11H2,(H,19,20). The Morgan fingerprint density at radius 2 is 2.32 bits per heavy atom. The molecule has 1 N–H and O–H groups in total. The van der Waals surface area contributed by atoms with Gasteiger partial charge in [-0.2, -0.15) is 0 Å². The second kappa shape index (κ2) is 7.11.